The van der Waals surface area contributed by atoms with Crippen LogP contribution in [0, 0.1) is 0 Å². The standard InChI is InChI=1S/C18H21BrClN/c1-3-13-5-7-14(8-6-13)11-18(21-4-2)16-10-9-15(19)12-17(16)20/h5-10,12,18,21H,3-4,11H2,1-2H3. The molecule has 0 aliphatic rings. The summed E-state index contributed by atoms with van der Waals surface area (Å²) in [4.78, 5) is 0. The van der Waals surface area contributed by atoms with Gasteiger partial charge in [0, 0.05) is 15.5 Å². The van der Waals surface area contributed by atoms with Crippen LogP contribution in [-0.2, 0) is 12.8 Å². The molecule has 0 amide bonds. The molecule has 2 aromatic carbocycles. The Bertz CT molecular complexity index is 580. The highest BCUT2D eigenvalue weighted by Gasteiger charge is 2.14. The first-order chi connectivity index (χ1) is 10.1. The maximum Gasteiger partial charge on any atom is 0.0465 e. The monoisotopic (exact) mass is 365 g/mol. The average Bonchev–Trinajstić information content (AvgIpc) is 2.48. The molecule has 3 heteroatoms. The molecule has 0 fully saturated rings. The summed E-state index contributed by atoms with van der Waals surface area (Å²) in [7, 11) is 0. The molecule has 0 bridgehead atoms. The van der Waals surface area contributed by atoms with Crippen molar-refractivity contribution in [2.24, 2.45) is 0 Å². The lowest BCUT2D eigenvalue weighted by molar-refractivity contribution is 0.550. The summed E-state index contributed by atoms with van der Waals surface area (Å²) < 4.78 is 1.01. The molecule has 1 N–H and O–H groups in total. The number of hydrogen-bond donors (Lipinski definition) is 1. The molecule has 2 aromatic rings. The number of halogens is 2. The summed E-state index contributed by atoms with van der Waals surface area (Å²) in [5.41, 5.74) is 3.86. The lowest BCUT2D eigenvalue weighted by Crippen LogP contribution is -2.23. The van der Waals surface area contributed by atoms with E-state index < -0.39 is 0 Å². The smallest absolute Gasteiger partial charge is 0.0465 e. The molecule has 1 unspecified atom stereocenters. The molecule has 112 valence electrons. The topological polar surface area (TPSA) is 12.0 Å². The van der Waals surface area contributed by atoms with Crippen molar-refractivity contribution >= 4 is 27.5 Å². The van der Waals surface area contributed by atoms with Crippen LogP contribution in [0.2, 0.25) is 5.02 Å². The maximum atomic E-state index is 6.40. The largest absolute Gasteiger partial charge is 0.310 e. The molecule has 1 atom stereocenters. The van der Waals surface area contributed by atoms with Crippen LogP contribution >= 0.6 is 27.5 Å². The molecule has 0 saturated heterocycles. The van der Waals surface area contributed by atoms with Gasteiger partial charge in [-0.3, -0.25) is 0 Å². The summed E-state index contributed by atoms with van der Waals surface area (Å²) >= 11 is 9.87. The Labute approximate surface area is 140 Å². The first-order valence-electron chi connectivity index (χ1n) is 7.40. The number of likely N-dealkylation sites (N-methyl/N-ethyl adjacent to an activating group) is 1. The Kier molecular flexibility index (Phi) is 6.28. The molecule has 0 radical (unpaired) electrons. The third-order valence-corrected chi connectivity index (χ3v) is 4.48. The fraction of sp³-hybridized carbons (Fsp3) is 0.333. The van der Waals surface area contributed by atoms with Crippen LogP contribution in [-0.4, -0.2) is 6.54 Å². The van der Waals surface area contributed by atoms with Gasteiger partial charge in [-0.15, -0.1) is 0 Å². The summed E-state index contributed by atoms with van der Waals surface area (Å²) in [6.07, 6.45) is 2.02. The maximum absolute atomic E-state index is 6.40. The molecule has 0 saturated carbocycles. The van der Waals surface area contributed by atoms with Crippen molar-refractivity contribution in [3.63, 3.8) is 0 Å². The van der Waals surface area contributed by atoms with Gasteiger partial charge in [0.05, 0.1) is 0 Å². The second kappa shape index (κ2) is 7.98. The van der Waals surface area contributed by atoms with Gasteiger partial charge in [-0.1, -0.05) is 71.7 Å². The van der Waals surface area contributed by atoms with E-state index in [4.69, 9.17) is 11.6 Å². The average molecular weight is 367 g/mol. The van der Waals surface area contributed by atoms with Gasteiger partial charge in [0.1, 0.15) is 0 Å². The minimum atomic E-state index is 0.239. The lowest BCUT2D eigenvalue weighted by atomic mass is 9.97. The minimum absolute atomic E-state index is 0.239. The molecule has 0 aliphatic heterocycles. The molecule has 21 heavy (non-hydrogen) atoms. The van der Waals surface area contributed by atoms with E-state index in [-0.39, 0.29) is 6.04 Å². The van der Waals surface area contributed by atoms with Gasteiger partial charge in [-0.05, 0) is 48.2 Å². The van der Waals surface area contributed by atoms with Gasteiger partial charge in [0.15, 0.2) is 0 Å². The number of nitrogens with one attached hydrogen (secondary N) is 1. The first-order valence-corrected chi connectivity index (χ1v) is 8.57. The van der Waals surface area contributed by atoms with E-state index in [1.54, 1.807) is 0 Å². The van der Waals surface area contributed by atoms with E-state index in [0.29, 0.717) is 0 Å². The van der Waals surface area contributed by atoms with Crippen molar-refractivity contribution in [2.45, 2.75) is 32.7 Å². The number of rotatable bonds is 6. The van der Waals surface area contributed by atoms with Gasteiger partial charge in [-0.2, -0.15) is 0 Å². The highest BCUT2D eigenvalue weighted by molar-refractivity contribution is 9.10. The molecule has 0 heterocycles. The fourth-order valence-corrected chi connectivity index (χ4v) is 3.27. The van der Waals surface area contributed by atoms with Crippen molar-refractivity contribution in [2.75, 3.05) is 6.54 Å². The van der Waals surface area contributed by atoms with E-state index in [1.165, 1.54) is 11.1 Å². The Balaban J connectivity index is 2.21. The summed E-state index contributed by atoms with van der Waals surface area (Å²) in [5.74, 6) is 0. The fourth-order valence-electron chi connectivity index (χ4n) is 2.47. The molecule has 0 aliphatic carbocycles. The lowest BCUT2D eigenvalue weighted by Gasteiger charge is -2.20. The third kappa shape index (κ3) is 4.57. The van der Waals surface area contributed by atoms with E-state index in [2.05, 4.69) is 65.4 Å². The Morgan fingerprint density at radius 1 is 1.05 bits per heavy atom. The van der Waals surface area contributed by atoms with E-state index in [0.717, 1.165) is 34.4 Å². The van der Waals surface area contributed by atoms with Crippen LogP contribution in [0.3, 0.4) is 0 Å². The Hall–Kier alpha value is -0.830. The SMILES string of the molecule is CCNC(Cc1ccc(CC)cc1)c1ccc(Br)cc1Cl. The van der Waals surface area contributed by atoms with E-state index in [9.17, 15) is 0 Å². The predicted octanol–water partition coefficient (Wildman–Crippen LogP) is 5.56. The zero-order valence-electron chi connectivity index (χ0n) is 12.5. The van der Waals surface area contributed by atoms with E-state index >= 15 is 0 Å². The van der Waals surface area contributed by atoms with Crippen LogP contribution in [0.4, 0.5) is 0 Å². The van der Waals surface area contributed by atoms with E-state index in [1.807, 2.05) is 12.1 Å². The van der Waals surface area contributed by atoms with Gasteiger partial charge >= 0.3 is 0 Å². The number of benzene rings is 2. The van der Waals surface area contributed by atoms with Crippen LogP contribution in [0.25, 0.3) is 0 Å². The summed E-state index contributed by atoms with van der Waals surface area (Å²) in [6, 6.07) is 15.2. The quantitative estimate of drug-likeness (QED) is 0.706. The van der Waals surface area contributed by atoms with Crippen molar-refractivity contribution in [3.05, 3.63) is 68.7 Å². The van der Waals surface area contributed by atoms with Gasteiger partial charge in [0.25, 0.3) is 0 Å². The summed E-state index contributed by atoms with van der Waals surface area (Å²) in [6.45, 7) is 5.22. The normalized spacial score (nSPS) is 12.4. The van der Waals surface area contributed by atoms with Crippen molar-refractivity contribution in [3.8, 4) is 0 Å². The molecule has 1 nitrogen and oxygen atoms in total. The minimum Gasteiger partial charge on any atom is -0.310 e. The first kappa shape index (κ1) is 16.5. The second-order valence-electron chi connectivity index (χ2n) is 5.15. The molecule has 0 spiro atoms. The van der Waals surface area contributed by atoms with Gasteiger partial charge in [-0.25, -0.2) is 0 Å². The van der Waals surface area contributed by atoms with Crippen molar-refractivity contribution in [1.29, 1.82) is 0 Å². The van der Waals surface area contributed by atoms with Crippen LogP contribution in [0.1, 0.15) is 36.6 Å². The zero-order valence-corrected chi connectivity index (χ0v) is 14.8. The van der Waals surface area contributed by atoms with Crippen LogP contribution in [0.15, 0.2) is 46.9 Å². The Morgan fingerprint density at radius 3 is 2.29 bits per heavy atom. The van der Waals surface area contributed by atoms with Crippen LogP contribution in [0.5, 0.6) is 0 Å². The number of aryl methyl sites for hydroxylation is 1. The third-order valence-electron chi connectivity index (χ3n) is 3.66. The number of hydrogen-bond acceptors (Lipinski definition) is 1. The highest BCUT2D eigenvalue weighted by Crippen LogP contribution is 2.28. The van der Waals surface area contributed by atoms with Crippen LogP contribution < -0.4 is 5.32 Å². The van der Waals surface area contributed by atoms with Crippen molar-refractivity contribution in [1.82, 2.24) is 5.32 Å². The highest BCUT2D eigenvalue weighted by atomic mass is 79.9. The molecule has 0 aromatic heterocycles. The predicted molar refractivity (Wildman–Crippen MR) is 95.1 cm³/mol. The summed E-state index contributed by atoms with van der Waals surface area (Å²) in [5, 5.41) is 4.34. The molecular weight excluding hydrogens is 346 g/mol. The molecule has 2 rings (SSSR count). The van der Waals surface area contributed by atoms with Gasteiger partial charge in [0.2, 0.25) is 0 Å². The Morgan fingerprint density at radius 2 is 1.71 bits per heavy atom. The van der Waals surface area contributed by atoms with Crippen molar-refractivity contribution < 1.29 is 0 Å². The molecular formula is C18H21BrClN. The van der Waals surface area contributed by atoms with Gasteiger partial charge < -0.3 is 5.32 Å². The zero-order chi connectivity index (χ0) is 15.2. The second-order valence-corrected chi connectivity index (χ2v) is 6.47.